The summed E-state index contributed by atoms with van der Waals surface area (Å²) < 4.78 is 1.37. The van der Waals surface area contributed by atoms with Gasteiger partial charge < -0.3 is 5.11 Å². The molecule has 1 N–H and O–H groups in total. The second-order valence-electron chi connectivity index (χ2n) is 3.22. The van der Waals surface area contributed by atoms with Gasteiger partial charge in [0.2, 0.25) is 0 Å². The van der Waals surface area contributed by atoms with Crippen LogP contribution in [0.5, 0.6) is 0 Å². The minimum atomic E-state index is -0.909. The van der Waals surface area contributed by atoms with Gasteiger partial charge in [0.05, 0.1) is 0 Å². The van der Waals surface area contributed by atoms with Crippen molar-refractivity contribution in [3.63, 3.8) is 0 Å². The number of hydrogen-bond donors (Lipinski definition) is 1. The molecule has 1 aromatic heterocycles. The van der Waals surface area contributed by atoms with E-state index in [1.807, 2.05) is 0 Å². The van der Waals surface area contributed by atoms with E-state index in [0.29, 0.717) is 11.7 Å². The van der Waals surface area contributed by atoms with Crippen molar-refractivity contribution in [1.82, 2.24) is 20.2 Å². The zero-order valence-electron chi connectivity index (χ0n) is 7.05. The standard InChI is InChI=1S/C7H10N4O2/c12-6(13)4-11-7(8-9-10-11)5-2-1-3-5/h5H,1-4H2,(H,12,13). The van der Waals surface area contributed by atoms with Crippen LogP contribution >= 0.6 is 0 Å². The Labute approximate surface area is 74.6 Å². The fourth-order valence-corrected chi connectivity index (χ4v) is 1.41. The molecule has 70 valence electrons. The third kappa shape index (κ3) is 1.51. The first kappa shape index (κ1) is 8.15. The highest BCUT2D eigenvalue weighted by atomic mass is 16.4. The number of carbonyl (C=O) groups is 1. The summed E-state index contributed by atoms with van der Waals surface area (Å²) in [6.45, 7) is -0.140. The van der Waals surface area contributed by atoms with Gasteiger partial charge in [0.25, 0.3) is 0 Å². The Balaban J connectivity index is 2.14. The van der Waals surface area contributed by atoms with Crippen molar-refractivity contribution < 1.29 is 9.90 Å². The summed E-state index contributed by atoms with van der Waals surface area (Å²) in [5.74, 6) is 0.177. The van der Waals surface area contributed by atoms with E-state index in [-0.39, 0.29) is 6.54 Å². The molecule has 0 amide bonds. The predicted molar refractivity (Wildman–Crippen MR) is 42.0 cm³/mol. The van der Waals surface area contributed by atoms with Crippen molar-refractivity contribution >= 4 is 5.97 Å². The van der Waals surface area contributed by atoms with E-state index in [2.05, 4.69) is 15.5 Å². The molecular weight excluding hydrogens is 172 g/mol. The predicted octanol–water partition coefficient (Wildman–Crippen LogP) is 0.0252. The lowest BCUT2D eigenvalue weighted by atomic mass is 9.85. The summed E-state index contributed by atoms with van der Waals surface area (Å²) >= 11 is 0. The third-order valence-electron chi connectivity index (χ3n) is 2.31. The lowest BCUT2D eigenvalue weighted by Crippen LogP contribution is -2.19. The second-order valence-corrected chi connectivity index (χ2v) is 3.22. The maximum atomic E-state index is 10.4. The molecule has 0 saturated heterocycles. The summed E-state index contributed by atoms with van der Waals surface area (Å²) in [5, 5.41) is 19.5. The summed E-state index contributed by atoms with van der Waals surface area (Å²) in [6.07, 6.45) is 3.32. The van der Waals surface area contributed by atoms with E-state index in [4.69, 9.17) is 5.11 Å². The molecule has 13 heavy (non-hydrogen) atoms. The van der Waals surface area contributed by atoms with E-state index in [1.165, 1.54) is 11.1 Å². The SMILES string of the molecule is O=C(O)Cn1nnnc1C1CCC1. The number of nitrogens with zero attached hydrogens (tertiary/aromatic N) is 4. The maximum absolute atomic E-state index is 10.4. The molecule has 0 radical (unpaired) electrons. The van der Waals surface area contributed by atoms with E-state index in [1.54, 1.807) is 0 Å². The topological polar surface area (TPSA) is 80.9 Å². The van der Waals surface area contributed by atoms with Gasteiger partial charge in [-0.15, -0.1) is 5.10 Å². The van der Waals surface area contributed by atoms with Crippen LogP contribution in [0.25, 0.3) is 0 Å². The Morgan fingerprint density at radius 3 is 2.92 bits per heavy atom. The fraction of sp³-hybridized carbons (Fsp3) is 0.714. The molecular formula is C7H10N4O2. The zero-order chi connectivity index (χ0) is 9.26. The first-order valence-electron chi connectivity index (χ1n) is 4.25. The van der Waals surface area contributed by atoms with Crippen LogP contribution in [-0.4, -0.2) is 31.3 Å². The van der Waals surface area contributed by atoms with Gasteiger partial charge in [0, 0.05) is 5.92 Å². The summed E-state index contributed by atoms with van der Waals surface area (Å²) in [6, 6.07) is 0. The highest BCUT2D eigenvalue weighted by Gasteiger charge is 2.25. The van der Waals surface area contributed by atoms with Crippen LogP contribution in [0.2, 0.25) is 0 Å². The van der Waals surface area contributed by atoms with Crippen molar-refractivity contribution in [3.8, 4) is 0 Å². The van der Waals surface area contributed by atoms with E-state index >= 15 is 0 Å². The van der Waals surface area contributed by atoms with Crippen molar-refractivity contribution in [2.75, 3.05) is 0 Å². The number of carboxylic acid groups (broad SMARTS) is 1. The summed E-state index contributed by atoms with van der Waals surface area (Å²) in [5.41, 5.74) is 0. The normalized spacial score (nSPS) is 16.9. The molecule has 1 aliphatic carbocycles. The average Bonchev–Trinajstić information content (AvgIpc) is 2.32. The zero-order valence-corrected chi connectivity index (χ0v) is 7.05. The third-order valence-corrected chi connectivity index (χ3v) is 2.31. The molecule has 0 bridgehead atoms. The van der Waals surface area contributed by atoms with Crippen LogP contribution in [0.4, 0.5) is 0 Å². The van der Waals surface area contributed by atoms with Gasteiger partial charge in [0.15, 0.2) is 5.82 Å². The number of rotatable bonds is 3. The Morgan fingerprint density at radius 1 is 1.62 bits per heavy atom. The highest BCUT2D eigenvalue weighted by Crippen LogP contribution is 2.34. The van der Waals surface area contributed by atoms with E-state index in [9.17, 15) is 4.79 Å². The van der Waals surface area contributed by atoms with Crippen LogP contribution < -0.4 is 0 Å². The van der Waals surface area contributed by atoms with Gasteiger partial charge in [-0.3, -0.25) is 4.79 Å². The van der Waals surface area contributed by atoms with Crippen LogP contribution in [0.3, 0.4) is 0 Å². The van der Waals surface area contributed by atoms with E-state index in [0.717, 1.165) is 12.8 Å². The van der Waals surface area contributed by atoms with E-state index < -0.39 is 5.97 Å². The van der Waals surface area contributed by atoms with Gasteiger partial charge in [-0.2, -0.15) is 0 Å². The van der Waals surface area contributed by atoms with Crippen LogP contribution in [-0.2, 0) is 11.3 Å². The Morgan fingerprint density at radius 2 is 2.38 bits per heavy atom. The number of carboxylic acids is 1. The molecule has 6 nitrogen and oxygen atoms in total. The maximum Gasteiger partial charge on any atom is 0.325 e. The second kappa shape index (κ2) is 3.12. The summed E-state index contributed by atoms with van der Waals surface area (Å²) in [4.78, 5) is 10.4. The number of tetrazole rings is 1. The molecule has 6 heteroatoms. The molecule has 0 unspecified atom stereocenters. The van der Waals surface area contributed by atoms with Gasteiger partial charge >= 0.3 is 5.97 Å². The van der Waals surface area contributed by atoms with Crippen molar-refractivity contribution in [1.29, 1.82) is 0 Å². The van der Waals surface area contributed by atoms with Gasteiger partial charge in [-0.25, -0.2) is 4.68 Å². The number of aliphatic carboxylic acids is 1. The summed E-state index contributed by atoms with van der Waals surface area (Å²) in [7, 11) is 0. The Hall–Kier alpha value is -1.46. The molecule has 1 saturated carbocycles. The Bertz CT molecular complexity index is 318. The number of hydrogen-bond acceptors (Lipinski definition) is 4. The molecule has 0 spiro atoms. The van der Waals surface area contributed by atoms with Gasteiger partial charge in [-0.05, 0) is 23.3 Å². The minimum Gasteiger partial charge on any atom is -0.480 e. The first-order valence-corrected chi connectivity index (χ1v) is 4.25. The lowest BCUT2D eigenvalue weighted by molar-refractivity contribution is -0.138. The molecule has 1 fully saturated rings. The Kier molecular flexibility index (Phi) is 1.96. The largest absolute Gasteiger partial charge is 0.480 e. The van der Waals surface area contributed by atoms with Crippen molar-refractivity contribution in [2.24, 2.45) is 0 Å². The van der Waals surface area contributed by atoms with Crippen LogP contribution in [0.1, 0.15) is 31.0 Å². The fourth-order valence-electron chi connectivity index (χ4n) is 1.41. The highest BCUT2D eigenvalue weighted by molar-refractivity contribution is 5.66. The average molecular weight is 182 g/mol. The monoisotopic (exact) mass is 182 g/mol. The minimum absolute atomic E-state index is 0.140. The van der Waals surface area contributed by atoms with Crippen LogP contribution in [0, 0.1) is 0 Å². The molecule has 1 aliphatic rings. The molecule has 0 atom stereocenters. The lowest BCUT2D eigenvalue weighted by Gasteiger charge is -2.23. The molecule has 0 aliphatic heterocycles. The molecule has 2 rings (SSSR count). The first-order chi connectivity index (χ1) is 6.27. The van der Waals surface area contributed by atoms with Crippen LogP contribution in [0.15, 0.2) is 0 Å². The molecule has 0 aromatic carbocycles. The quantitative estimate of drug-likeness (QED) is 0.713. The van der Waals surface area contributed by atoms with Crippen molar-refractivity contribution in [3.05, 3.63) is 5.82 Å². The van der Waals surface area contributed by atoms with Gasteiger partial charge in [-0.1, -0.05) is 6.42 Å². The molecule has 1 aromatic rings. The number of aromatic nitrogens is 4. The van der Waals surface area contributed by atoms with Crippen molar-refractivity contribution in [2.45, 2.75) is 31.7 Å². The molecule has 1 heterocycles. The smallest absolute Gasteiger partial charge is 0.325 e. The van der Waals surface area contributed by atoms with Gasteiger partial charge in [0.1, 0.15) is 6.54 Å².